The number of nitrogens with zero attached hydrogens (tertiary/aromatic N) is 3. The average Bonchev–Trinajstić information content (AvgIpc) is 2.89. The first-order valence-corrected chi connectivity index (χ1v) is 9.33. The average molecular weight is 461 g/mol. The molecule has 2 N–H and O–H groups in total. The molecule has 0 amide bonds. The summed E-state index contributed by atoms with van der Waals surface area (Å²) in [7, 11) is 1.81. The fraction of sp³-hybridized carbons (Fsp3) is 0.529. The van der Waals surface area contributed by atoms with Gasteiger partial charge in [-0.2, -0.15) is 11.8 Å². The van der Waals surface area contributed by atoms with Crippen LogP contribution in [0.5, 0.6) is 0 Å². The highest BCUT2D eigenvalue weighted by Gasteiger charge is 2.06. The van der Waals surface area contributed by atoms with E-state index in [-0.39, 0.29) is 24.0 Å². The van der Waals surface area contributed by atoms with E-state index in [0.717, 1.165) is 43.4 Å². The summed E-state index contributed by atoms with van der Waals surface area (Å²) < 4.78 is 2.28. The molecule has 1 atom stereocenters. The van der Waals surface area contributed by atoms with Gasteiger partial charge in [-0.05, 0) is 31.7 Å². The molecule has 0 saturated carbocycles. The van der Waals surface area contributed by atoms with Crippen molar-refractivity contribution in [2.24, 2.45) is 4.99 Å². The highest BCUT2D eigenvalue weighted by molar-refractivity contribution is 14.0. The topological polar surface area (TPSA) is 54.2 Å². The number of thioether (sulfide) groups is 1. The minimum atomic E-state index is 0. The smallest absolute Gasteiger partial charge is 0.191 e. The van der Waals surface area contributed by atoms with Crippen molar-refractivity contribution in [3.8, 4) is 0 Å². The van der Waals surface area contributed by atoms with E-state index in [0.29, 0.717) is 5.25 Å². The molecule has 2 aromatic rings. The van der Waals surface area contributed by atoms with Crippen molar-refractivity contribution >= 4 is 52.7 Å². The Labute approximate surface area is 166 Å². The monoisotopic (exact) mass is 461 g/mol. The summed E-state index contributed by atoms with van der Waals surface area (Å²) in [5.74, 6) is 1.95. The Morgan fingerprint density at radius 1 is 1.33 bits per heavy atom. The minimum absolute atomic E-state index is 0. The van der Waals surface area contributed by atoms with E-state index in [9.17, 15) is 0 Å². The second-order valence-electron chi connectivity index (χ2n) is 5.58. The number of fused-ring (bicyclic) bond motifs is 1. The zero-order chi connectivity index (χ0) is 16.7. The lowest BCUT2D eigenvalue weighted by molar-refractivity contribution is 0.624. The molecule has 0 bridgehead atoms. The van der Waals surface area contributed by atoms with Gasteiger partial charge in [0, 0.05) is 31.9 Å². The first-order chi connectivity index (χ1) is 11.2. The van der Waals surface area contributed by atoms with Gasteiger partial charge in [0.25, 0.3) is 0 Å². The molecule has 0 aliphatic rings. The predicted molar refractivity (Wildman–Crippen MR) is 117 cm³/mol. The maximum Gasteiger partial charge on any atom is 0.191 e. The molecular formula is C17H28IN5S. The Bertz CT molecular complexity index is 655. The van der Waals surface area contributed by atoms with Crippen molar-refractivity contribution in [1.82, 2.24) is 20.2 Å². The third-order valence-corrected chi connectivity index (χ3v) is 4.85. The Hall–Kier alpha value is -0.960. The quantitative estimate of drug-likeness (QED) is 0.288. The summed E-state index contributed by atoms with van der Waals surface area (Å²) >= 11 is 1.85. The summed E-state index contributed by atoms with van der Waals surface area (Å²) in [6.07, 6.45) is 3.15. The van der Waals surface area contributed by atoms with E-state index < -0.39 is 0 Å². The van der Waals surface area contributed by atoms with Crippen LogP contribution >= 0.6 is 35.7 Å². The molecule has 7 heteroatoms. The van der Waals surface area contributed by atoms with Crippen molar-refractivity contribution in [3.05, 3.63) is 30.1 Å². The Morgan fingerprint density at radius 3 is 2.79 bits per heavy atom. The number of benzene rings is 1. The molecule has 1 unspecified atom stereocenters. The van der Waals surface area contributed by atoms with Gasteiger partial charge in [-0.1, -0.05) is 19.1 Å². The lowest BCUT2D eigenvalue weighted by Crippen LogP contribution is -2.40. The standard InChI is InChI=1S/C17H27N5S.HI/c1-13(23-4)12-20-17(18-3)19-10-7-11-22-14(2)21-15-8-5-6-9-16(15)22;/h5-6,8-9,13H,7,10-12H2,1-4H3,(H2,18,19,20);1H. The van der Waals surface area contributed by atoms with Crippen LogP contribution in [-0.4, -0.2) is 47.2 Å². The molecule has 0 aliphatic carbocycles. The predicted octanol–water partition coefficient (Wildman–Crippen LogP) is 3.27. The molecule has 1 aromatic carbocycles. The molecular weight excluding hydrogens is 433 g/mol. The normalized spacial score (nSPS) is 12.8. The molecule has 24 heavy (non-hydrogen) atoms. The number of guanidine groups is 1. The van der Waals surface area contributed by atoms with Crippen molar-refractivity contribution in [2.75, 3.05) is 26.4 Å². The Balaban J connectivity index is 0.00000288. The third-order valence-electron chi connectivity index (χ3n) is 3.88. The van der Waals surface area contributed by atoms with Crippen LogP contribution in [-0.2, 0) is 6.54 Å². The summed E-state index contributed by atoms with van der Waals surface area (Å²) in [5.41, 5.74) is 2.28. The molecule has 0 spiro atoms. The molecule has 1 heterocycles. The summed E-state index contributed by atoms with van der Waals surface area (Å²) in [6, 6.07) is 8.30. The van der Waals surface area contributed by atoms with Crippen LogP contribution < -0.4 is 10.6 Å². The number of para-hydroxylation sites is 2. The fourth-order valence-corrected chi connectivity index (χ4v) is 2.72. The molecule has 1 aromatic heterocycles. The van der Waals surface area contributed by atoms with Gasteiger partial charge in [0.15, 0.2) is 5.96 Å². The van der Waals surface area contributed by atoms with Gasteiger partial charge >= 0.3 is 0 Å². The van der Waals surface area contributed by atoms with Crippen LogP contribution in [0.25, 0.3) is 11.0 Å². The number of halogens is 1. The lowest BCUT2D eigenvalue weighted by atomic mass is 10.3. The van der Waals surface area contributed by atoms with E-state index in [1.165, 1.54) is 5.52 Å². The van der Waals surface area contributed by atoms with E-state index in [2.05, 4.69) is 63.5 Å². The van der Waals surface area contributed by atoms with Crippen LogP contribution in [0.3, 0.4) is 0 Å². The zero-order valence-electron chi connectivity index (χ0n) is 14.9. The number of nitrogens with one attached hydrogen (secondary N) is 2. The number of aromatic nitrogens is 2. The molecule has 0 aliphatic heterocycles. The fourth-order valence-electron chi connectivity index (χ4n) is 2.47. The van der Waals surface area contributed by atoms with Crippen LogP contribution in [0.4, 0.5) is 0 Å². The number of rotatable bonds is 7. The highest BCUT2D eigenvalue weighted by atomic mass is 127. The molecule has 0 radical (unpaired) electrons. The van der Waals surface area contributed by atoms with E-state index >= 15 is 0 Å². The zero-order valence-corrected chi connectivity index (χ0v) is 18.0. The molecule has 0 fully saturated rings. The SMILES string of the molecule is CN=C(NCCCn1c(C)nc2ccccc21)NCC(C)SC.I. The van der Waals surface area contributed by atoms with Gasteiger partial charge in [-0.3, -0.25) is 4.99 Å². The summed E-state index contributed by atoms with van der Waals surface area (Å²) in [4.78, 5) is 8.87. The van der Waals surface area contributed by atoms with Crippen molar-refractivity contribution in [1.29, 1.82) is 0 Å². The summed E-state index contributed by atoms with van der Waals surface area (Å²) in [6.45, 7) is 7.04. The van der Waals surface area contributed by atoms with Gasteiger partial charge in [-0.25, -0.2) is 4.98 Å². The Kier molecular flexibility index (Phi) is 9.50. The Morgan fingerprint density at radius 2 is 2.08 bits per heavy atom. The van der Waals surface area contributed by atoms with Crippen LogP contribution in [0.2, 0.25) is 0 Å². The van der Waals surface area contributed by atoms with E-state index in [1.807, 2.05) is 24.9 Å². The van der Waals surface area contributed by atoms with Gasteiger partial charge in [-0.15, -0.1) is 24.0 Å². The number of imidazole rings is 1. The van der Waals surface area contributed by atoms with Gasteiger partial charge in [0.05, 0.1) is 11.0 Å². The highest BCUT2D eigenvalue weighted by Crippen LogP contribution is 2.15. The van der Waals surface area contributed by atoms with Crippen LogP contribution in [0.1, 0.15) is 19.2 Å². The lowest BCUT2D eigenvalue weighted by Gasteiger charge is -2.15. The largest absolute Gasteiger partial charge is 0.356 e. The van der Waals surface area contributed by atoms with Crippen molar-refractivity contribution in [3.63, 3.8) is 0 Å². The minimum Gasteiger partial charge on any atom is -0.356 e. The van der Waals surface area contributed by atoms with Crippen LogP contribution in [0, 0.1) is 6.92 Å². The van der Waals surface area contributed by atoms with Crippen LogP contribution in [0.15, 0.2) is 29.3 Å². The first-order valence-electron chi connectivity index (χ1n) is 8.05. The first kappa shape index (κ1) is 21.1. The maximum atomic E-state index is 4.61. The second kappa shape index (κ2) is 10.8. The third kappa shape index (κ3) is 5.84. The van der Waals surface area contributed by atoms with Gasteiger partial charge < -0.3 is 15.2 Å². The van der Waals surface area contributed by atoms with Gasteiger partial charge in [0.2, 0.25) is 0 Å². The maximum absolute atomic E-state index is 4.61. The number of hydrogen-bond acceptors (Lipinski definition) is 3. The number of hydrogen-bond donors (Lipinski definition) is 2. The van der Waals surface area contributed by atoms with Crippen molar-refractivity contribution < 1.29 is 0 Å². The van der Waals surface area contributed by atoms with E-state index in [4.69, 9.17) is 0 Å². The number of aliphatic imine (C=N–C) groups is 1. The molecule has 134 valence electrons. The molecule has 5 nitrogen and oxygen atoms in total. The van der Waals surface area contributed by atoms with Gasteiger partial charge in [0.1, 0.15) is 5.82 Å². The van der Waals surface area contributed by atoms with Crippen molar-refractivity contribution in [2.45, 2.75) is 32.1 Å². The number of aryl methyl sites for hydroxylation is 2. The molecule has 2 rings (SSSR count). The molecule has 0 saturated heterocycles. The summed E-state index contributed by atoms with van der Waals surface area (Å²) in [5, 5.41) is 7.31. The second-order valence-corrected chi connectivity index (χ2v) is 6.86. The van der Waals surface area contributed by atoms with E-state index in [1.54, 1.807) is 0 Å².